The molecular formula is C18H22Br2N2S2. The van der Waals surface area contributed by atoms with E-state index in [9.17, 15) is 0 Å². The van der Waals surface area contributed by atoms with E-state index in [0.717, 1.165) is 32.8 Å². The molecule has 0 spiro atoms. The van der Waals surface area contributed by atoms with Gasteiger partial charge in [0, 0.05) is 0 Å². The number of fused-ring (bicyclic) bond motifs is 2. The zero-order valence-electron chi connectivity index (χ0n) is 14.4. The summed E-state index contributed by atoms with van der Waals surface area (Å²) in [4.78, 5) is 9.80. The van der Waals surface area contributed by atoms with Crippen LogP contribution < -0.4 is 0 Å². The Bertz CT molecular complexity index is 740. The lowest BCUT2D eigenvalue weighted by molar-refractivity contribution is 0.586. The monoisotopic (exact) mass is 488 g/mol. The molecule has 0 amide bonds. The molecule has 24 heavy (non-hydrogen) atoms. The van der Waals surface area contributed by atoms with Gasteiger partial charge in [0.1, 0.15) is 0 Å². The van der Waals surface area contributed by atoms with Crippen LogP contribution in [0, 0.1) is 11.8 Å². The molecule has 2 nitrogen and oxygen atoms in total. The predicted molar refractivity (Wildman–Crippen MR) is 115 cm³/mol. The average Bonchev–Trinajstić information content (AvgIpc) is 3.13. The van der Waals surface area contributed by atoms with E-state index in [1.165, 1.54) is 32.3 Å². The van der Waals surface area contributed by atoms with Crippen molar-refractivity contribution in [1.82, 2.24) is 9.97 Å². The first-order valence-electron chi connectivity index (χ1n) is 8.42. The van der Waals surface area contributed by atoms with Crippen molar-refractivity contribution < 1.29 is 0 Å². The minimum atomic E-state index is 0.706. The van der Waals surface area contributed by atoms with Gasteiger partial charge in [0.25, 0.3) is 0 Å². The zero-order chi connectivity index (χ0) is 17.4. The van der Waals surface area contributed by atoms with Crippen molar-refractivity contribution >= 4 is 75.0 Å². The number of halogens is 2. The molecule has 0 atom stereocenters. The highest BCUT2D eigenvalue weighted by Gasteiger charge is 2.19. The second kappa shape index (κ2) is 7.68. The fourth-order valence-corrected chi connectivity index (χ4v) is 6.32. The first kappa shape index (κ1) is 18.7. The van der Waals surface area contributed by atoms with Gasteiger partial charge in [-0.15, -0.1) is 22.7 Å². The highest BCUT2D eigenvalue weighted by molar-refractivity contribution is 9.11. The summed E-state index contributed by atoms with van der Waals surface area (Å²) in [5.74, 6) is 1.41. The molecule has 0 N–H and O–H groups in total. The first-order chi connectivity index (χ1) is 11.4. The third kappa shape index (κ3) is 3.87. The maximum absolute atomic E-state index is 4.90. The molecule has 0 fully saturated rings. The molecule has 0 unspecified atom stereocenters. The van der Waals surface area contributed by atoms with Gasteiger partial charge in [0.15, 0.2) is 0 Å². The summed E-state index contributed by atoms with van der Waals surface area (Å²) in [5.41, 5.74) is 2.16. The molecule has 1 aromatic carbocycles. The Morgan fingerprint density at radius 2 is 1.12 bits per heavy atom. The Hall–Kier alpha value is -0.0400. The molecule has 0 saturated carbocycles. The fourth-order valence-electron chi connectivity index (χ4n) is 2.58. The van der Waals surface area contributed by atoms with Crippen LogP contribution >= 0.6 is 54.5 Å². The minimum Gasteiger partial charge on any atom is -0.240 e. The van der Waals surface area contributed by atoms with E-state index in [2.05, 4.69) is 59.6 Å². The number of benzene rings is 1. The summed E-state index contributed by atoms with van der Waals surface area (Å²) in [5, 5.41) is 2.44. The lowest BCUT2D eigenvalue weighted by Gasteiger charge is -2.00. The molecule has 0 aliphatic heterocycles. The van der Waals surface area contributed by atoms with Crippen LogP contribution in [0.2, 0.25) is 0 Å². The maximum Gasteiger partial charge on any atom is 0.0984 e. The van der Waals surface area contributed by atoms with Crippen molar-refractivity contribution in [3.05, 3.63) is 19.0 Å². The SMILES string of the molecule is CC(C)CCc1nc2c(Br)c3sc(CCC(C)C)nc3c(Br)c2s1. The minimum absolute atomic E-state index is 0.706. The number of nitrogens with zero attached hydrogens (tertiary/aromatic N) is 2. The molecule has 0 radical (unpaired) electrons. The van der Waals surface area contributed by atoms with Crippen LogP contribution in [0.5, 0.6) is 0 Å². The van der Waals surface area contributed by atoms with Crippen molar-refractivity contribution in [1.29, 1.82) is 0 Å². The summed E-state index contributed by atoms with van der Waals surface area (Å²) >= 11 is 11.2. The van der Waals surface area contributed by atoms with E-state index >= 15 is 0 Å². The largest absolute Gasteiger partial charge is 0.240 e. The highest BCUT2D eigenvalue weighted by Crippen LogP contribution is 2.44. The summed E-state index contributed by atoms with van der Waals surface area (Å²) in [6.45, 7) is 9.05. The summed E-state index contributed by atoms with van der Waals surface area (Å²) in [7, 11) is 0. The summed E-state index contributed by atoms with van der Waals surface area (Å²) in [6.07, 6.45) is 4.47. The molecule has 0 aliphatic rings. The van der Waals surface area contributed by atoms with Gasteiger partial charge in [-0.3, -0.25) is 0 Å². The predicted octanol–water partition coefficient (Wildman–Crippen LogP) is 7.61. The lowest BCUT2D eigenvalue weighted by Crippen LogP contribution is -1.90. The molecule has 2 aromatic heterocycles. The Morgan fingerprint density at radius 3 is 1.46 bits per heavy atom. The van der Waals surface area contributed by atoms with Crippen LogP contribution in [-0.2, 0) is 12.8 Å². The van der Waals surface area contributed by atoms with Crippen LogP contribution in [-0.4, -0.2) is 9.97 Å². The molecule has 0 bridgehead atoms. The Morgan fingerprint density at radius 1 is 0.750 bits per heavy atom. The van der Waals surface area contributed by atoms with Crippen molar-refractivity contribution in [3.63, 3.8) is 0 Å². The van der Waals surface area contributed by atoms with Crippen molar-refractivity contribution in [2.75, 3.05) is 0 Å². The van der Waals surface area contributed by atoms with E-state index in [-0.39, 0.29) is 0 Å². The standard InChI is InChI=1S/C18H22Br2N2S2/c1-9(2)5-7-11-21-15-13(19)18-16(14(20)17(15)23-11)22-12(24-18)8-6-10(3)4/h9-10H,5-8H2,1-4H3. The van der Waals surface area contributed by atoms with Crippen LogP contribution in [0.25, 0.3) is 20.4 Å². The molecule has 130 valence electrons. The van der Waals surface area contributed by atoms with Gasteiger partial charge in [-0.2, -0.15) is 0 Å². The number of rotatable bonds is 6. The third-order valence-corrected chi connectivity index (χ3v) is 8.36. The van der Waals surface area contributed by atoms with Crippen molar-refractivity contribution in [2.24, 2.45) is 11.8 Å². The number of hydrogen-bond donors (Lipinski definition) is 0. The number of thiazole rings is 2. The number of hydrogen-bond acceptors (Lipinski definition) is 4. The number of aryl methyl sites for hydroxylation is 2. The first-order valence-corrected chi connectivity index (χ1v) is 11.6. The van der Waals surface area contributed by atoms with Gasteiger partial charge in [0.05, 0.1) is 39.4 Å². The van der Waals surface area contributed by atoms with Gasteiger partial charge in [0.2, 0.25) is 0 Å². The Labute approximate surface area is 168 Å². The average molecular weight is 490 g/mol. The Kier molecular flexibility index (Phi) is 6.00. The molecular weight excluding hydrogens is 468 g/mol. The van der Waals surface area contributed by atoms with Crippen LogP contribution in [0.4, 0.5) is 0 Å². The fraction of sp³-hybridized carbons (Fsp3) is 0.556. The van der Waals surface area contributed by atoms with E-state index in [0.29, 0.717) is 11.8 Å². The van der Waals surface area contributed by atoms with E-state index < -0.39 is 0 Å². The normalized spacial score (nSPS) is 12.3. The maximum atomic E-state index is 4.90. The molecule has 3 aromatic rings. The van der Waals surface area contributed by atoms with Gasteiger partial charge in [-0.25, -0.2) is 9.97 Å². The quantitative estimate of drug-likeness (QED) is 0.356. The number of aromatic nitrogens is 2. The van der Waals surface area contributed by atoms with Crippen LogP contribution in [0.3, 0.4) is 0 Å². The van der Waals surface area contributed by atoms with Crippen LogP contribution in [0.15, 0.2) is 8.95 Å². The molecule has 0 aliphatic carbocycles. The second-order valence-electron chi connectivity index (χ2n) is 7.06. The molecule has 6 heteroatoms. The van der Waals surface area contributed by atoms with E-state index in [4.69, 9.17) is 9.97 Å². The van der Waals surface area contributed by atoms with Gasteiger partial charge >= 0.3 is 0 Å². The van der Waals surface area contributed by atoms with Gasteiger partial charge in [-0.05, 0) is 69.4 Å². The summed E-state index contributed by atoms with van der Waals surface area (Å²) < 4.78 is 4.65. The van der Waals surface area contributed by atoms with Crippen molar-refractivity contribution in [3.8, 4) is 0 Å². The van der Waals surface area contributed by atoms with Gasteiger partial charge in [-0.1, -0.05) is 27.7 Å². The smallest absolute Gasteiger partial charge is 0.0984 e. The van der Waals surface area contributed by atoms with E-state index in [1.54, 1.807) is 22.7 Å². The second-order valence-corrected chi connectivity index (χ2v) is 10.8. The molecule has 3 rings (SSSR count). The zero-order valence-corrected chi connectivity index (χ0v) is 19.3. The summed E-state index contributed by atoms with van der Waals surface area (Å²) in [6, 6.07) is 0. The molecule has 0 saturated heterocycles. The van der Waals surface area contributed by atoms with Crippen molar-refractivity contribution in [2.45, 2.75) is 53.4 Å². The highest BCUT2D eigenvalue weighted by atomic mass is 79.9. The molecule has 2 heterocycles. The Balaban J connectivity index is 2.02. The third-order valence-electron chi connectivity index (χ3n) is 4.03. The topological polar surface area (TPSA) is 25.8 Å². The van der Waals surface area contributed by atoms with Crippen LogP contribution in [0.1, 0.15) is 50.6 Å². The van der Waals surface area contributed by atoms with E-state index in [1.807, 2.05) is 0 Å². The van der Waals surface area contributed by atoms with Gasteiger partial charge < -0.3 is 0 Å². The lowest BCUT2D eigenvalue weighted by atomic mass is 10.1.